The van der Waals surface area contributed by atoms with Crippen LogP contribution >= 0.6 is 0 Å². The first-order valence-corrected chi connectivity index (χ1v) is 15.0. The molecule has 2 aromatic carbocycles. The maximum atomic E-state index is 4.03. The summed E-state index contributed by atoms with van der Waals surface area (Å²) in [6.45, 7) is 9.06. The maximum Gasteiger partial charge on any atom is 0.0270 e. The van der Waals surface area contributed by atoms with Crippen LogP contribution in [0.3, 0.4) is 0 Å². The molecule has 0 heterocycles. The van der Waals surface area contributed by atoms with E-state index in [2.05, 4.69) is 136 Å². The molecule has 0 radical (unpaired) electrons. The Morgan fingerprint density at radius 1 is 0.684 bits per heavy atom. The summed E-state index contributed by atoms with van der Waals surface area (Å²) in [6.07, 6.45) is 27.8. The number of allylic oxidation sites excluding steroid dienone is 9. The van der Waals surface area contributed by atoms with Gasteiger partial charge in [-0.25, -0.2) is 0 Å². The van der Waals surface area contributed by atoms with Crippen LogP contribution in [0.4, 0.5) is 0 Å². The molecule has 0 saturated heterocycles. The van der Waals surface area contributed by atoms with E-state index < -0.39 is 0 Å². The Balaban J connectivity index is 1.54. The molecule has 6 atom stereocenters. The molecule has 2 fully saturated rings. The topological polar surface area (TPSA) is 0 Å². The molecule has 0 aromatic heterocycles. The SMILES string of the molecule is C=CCCC(C)(C)C1CCC(C(c2ccccc2)(c2ccccc2)C2C3C=CC=CC3C3C=CC=CC32)C1. The van der Waals surface area contributed by atoms with Crippen molar-refractivity contribution in [2.24, 2.45) is 46.8 Å². The van der Waals surface area contributed by atoms with Gasteiger partial charge < -0.3 is 0 Å². The Kier molecular flexibility index (Phi) is 6.93. The van der Waals surface area contributed by atoms with Gasteiger partial charge in [0, 0.05) is 5.41 Å². The van der Waals surface area contributed by atoms with Crippen LogP contribution in [0.5, 0.6) is 0 Å². The third-order valence-corrected chi connectivity index (χ3v) is 10.9. The van der Waals surface area contributed by atoms with Gasteiger partial charge in [-0.05, 0) is 90.1 Å². The van der Waals surface area contributed by atoms with Gasteiger partial charge in [-0.1, -0.05) is 129 Å². The fourth-order valence-corrected chi connectivity index (χ4v) is 9.14. The van der Waals surface area contributed by atoms with Crippen molar-refractivity contribution in [3.63, 3.8) is 0 Å². The van der Waals surface area contributed by atoms with E-state index in [0.717, 1.165) is 12.3 Å². The Bertz CT molecular complexity index is 1150. The lowest BCUT2D eigenvalue weighted by molar-refractivity contribution is 0.138. The van der Waals surface area contributed by atoms with Crippen LogP contribution in [-0.4, -0.2) is 0 Å². The molecule has 6 unspecified atom stereocenters. The van der Waals surface area contributed by atoms with E-state index in [4.69, 9.17) is 0 Å². The van der Waals surface area contributed by atoms with E-state index in [9.17, 15) is 0 Å². The van der Waals surface area contributed by atoms with Crippen molar-refractivity contribution in [1.29, 1.82) is 0 Å². The zero-order valence-corrected chi connectivity index (χ0v) is 23.3. The summed E-state index contributed by atoms with van der Waals surface area (Å²) in [5, 5.41) is 0. The molecule has 0 nitrogen and oxygen atoms in total. The van der Waals surface area contributed by atoms with Crippen molar-refractivity contribution in [3.05, 3.63) is 133 Å². The lowest BCUT2D eigenvalue weighted by Crippen LogP contribution is -2.47. The van der Waals surface area contributed by atoms with Crippen LogP contribution in [0, 0.1) is 46.8 Å². The summed E-state index contributed by atoms with van der Waals surface area (Å²) in [7, 11) is 0. The summed E-state index contributed by atoms with van der Waals surface area (Å²) in [6, 6.07) is 23.3. The molecule has 0 spiro atoms. The van der Waals surface area contributed by atoms with Crippen LogP contribution in [0.25, 0.3) is 0 Å². The standard InChI is InChI=1S/C38H44/c1-4-5-26-37(2,3)30-24-25-31(27-30)38(28-16-8-6-9-17-28,29-18-10-7-11-19-29)36-34-22-14-12-20-32(34)33-21-13-15-23-35(33)36/h4,6-23,30-36H,1,5,24-27H2,2-3H3. The number of benzene rings is 2. The summed E-state index contributed by atoms with van der Waals surface area (Å²) in [4.78, 5) is 0. The number of hydrogen-bond acceptors (Lipinski definition) is 0. The first-order chi connectivity index (χ1) is 18.6. The molecule has 0 heteroatoms. The lowest BCUT2D eigenvalue weighted by Gasteiger charge is -2.50. The fraction of sp³-hybridized carbons (Fsp3) is 0.421. The summed E-state index contributed by atoms with van der Waals surface area (Å²) in [5.41, 5.74) is 3.36. The number of fused-ring (bicyclic) bond motifs is 3. The van der Waals surface area contributed by atoms with Crippen molar-refractivity contribution < 1.29 is 0 Å². The van der Waals surface area contributed by atoms with Gasteiger partial charge in [0.15, 0.2) is 0 Å². The van der Waals surface area contributed by atoms with E-state index in [-0.39, 0.29) is 5.41 Å². The minimum atomic E-state index is -0.0286. The Morgan fingerprint density at radius 2 is 1.16 bits per heavy atom. The highest BCUT2D eigenvalue weighted by Gasteiger charge is 2.60. The summed E-state index contributed by atoms with van der Waals surface area (Å²) in [5.74, 6) is 4.10. The van der Waals surface area contributed by atoms with Gasteiger partial charge in [0.25, 0.3) is 0 Å². The molecular weight excluding hydrogens is 456 g/mol. The van der Waals surface area contributed by atoms with Gasteiger partial charge in [-0.15, -0.1) is 6.58 Å². The zero-order valence-electron chi connectivity index (χ0n) is 23.3. The quantitative estimate of drug-likeness (QED) is 0.316. The van der Waals surface area contributed by atoms with Crippen molar-refractivity contribution in [2.75, 3.05) is 0 Å². The van der Waals surface area contributed by atoms with Gasteiger partial charge in [-0.2, -0.15) is 0 Å². The molecular formula is C38H44. The highest BCUT2D eigenvalue weighted by Crippen LogP contribution is 2.65. The fourth-order valence-electron chi connectivity index (χ4n) is 9.14. The molecule has 0 bridgehead atoms. The molecule has 0 amide bonds. The van der Waals surface area contributed by atoms with Crippen LogP contribution in [0.1, 0.15) is 57.1 Å². The van der Waals surface area contributed by atoms with Gasteiger partial charge in [0.2, 0.25) is 0 Å². The normalized spacial score (nSPS) is 31.8. The van der Waals surface area contributed by atoms with Gasteiger partial charge in [-0.3, -0.25) is 0 Å². The van der Waals surface area contributed by atoms with Crippen molar-refractivity contribution in [1.82, 2.24) is 0 Å². The smallest absolute Gasteiger partial charge is 0.0270 e. The highest BCUT2D eigenvalue weighted by molar-refractivity contribution is 5.46. The molecule has 0 aliphatic heterocycles. The highest BCUT2D eigenvalue weighted by atomic mass is 14.6. The largest absolute Gasteiger partial charge is 0.103 e. The van der Waals surface area contributed by atoms with E-state index >= 15 is 0 Å². The zero-order chi connectivity index (χ0) is 26.2. The second-order valence-corrected chi connectivity index (χ2v) is 13.0. The van der Waals surface area contributed by atoms with E-state index in [1.54, 1.807) is 0 Å². The Hall–Kier alpha value is -2.86. The number of rotatable bonds is 8. The van der Waals surface area contributed by atoms with E-state index in [0.29, 0.717) is 40.9 Å². The van der Waals surface area contributed by atoms with Crippen LogP contribution in [0.2, 0.25) is 0 Å². The van der Waals surface area contributed by atoms with Gasteiger partial charge >= 0.3 is 0 Å². The first kappa shape index (κ1) is 25.4. The molecule has 2 saturated carbocycles. The Morgan fingerprint density at radius 3 is 1.66 bits per heavy atom. The minimum Gasteiger partial charge on any atom is -0.103 e. The van der Waals surface area contributed by atoms with Crippen molar-refractivity contribution in [3.8, 4) is 0 Å². The molecule has 6 rings (SSSR count). The predicted octanol–water partition coefficient (Wildman–Crippen LogP) is 9.73. The van der Waals surface area contributed by atoms with Crippen molar-refractivity contribution >= 4 is 0 Å². The minimum absolute atomic E-state index is 0.0286. The van der Waals surface area contributed by atoms with E-state index in [1.165, 1.54) is 36.8 Å². The Labute approximate surface area is 231 Å². The van der Waals surface area contributed by atoms with Gasteiger partial charge in [0.05, 0.1) is 0 Å². The van der Waals surface area contributed by atoms with Crippen LogP contribution in [0.15, 0.2) is 122 Å². The molecule has 2 aromatic rings. The van der Waals surface area contributed by atoms with Crippen molar-refractivity contribution in [2.45, 2.75) is 51.4 Å². The molecule has 4 aliphatic carbocycles. The third-order valence-electron chi connectivity index (χ3n) is 10.9. The average Bonchev–Trinajstić information content (AvgIpc) is 3.59. The lowest BCUT2D eigenvalue weighted by atomic mass is 9.53. The predicted molar refractivity (Wildman–Crippen MR) is 162 cm³/mol. The van der Waals surface area contributed by atoms with Crippen LogP contribution in [-0.2, 0) is 5.41 Å². The van der Waals surface area contributed by atoms with Crippen LogP contribution < -0.4 is 0 Å². The number of hydrogen-bond donors (Lipinski definition) is 0. The second kappa shape index (κ2) is 10.4. The molecule has 196 valence electrons. The average molecular weight is 501 g/mol. The molecule has 4 aliphatic rings. The molecule has 0 N–H and O–H groups in total. The summed E-state index contributed by atoms with van der Waals surface area (Å²) < 4.78 is 0. The summed E-state index contributed by atoms with van der Waals surface area (Å²) >= 11 is 0. The molecule has 38 heavy (non-hydrogen) atoms. The third kappa shape index (κ3) is 4.12. The first-order valence-electron chi connectivity index (χ1n) is 15.0. The van der Waals surface area contributed by atoms with E-state index in [1.807, 2.05) is 0 Å². The second-order valence-electron chi connectivity index (χ2n) is 13.0. The maximum absolute atomic E-state index is 4.03. The monoisotopic (exact) mass is 500 g/mol. The van der Waals surface area contributed by atoms with Gasteiger partial charge in [0.1, 0.15) is 0 Å².